The van der Waals surface area contributed by atoms with Gasteiger partial charge in [-0.15, -0.1) is 11.3 Å². The minimum absolute atomic E-state index is 0.217. The lowest BCUT2D eigenvalue weighted by Gasteiger charge is -2.14. The van der Waals surface area contributed by atoms with Gasteiger partial charge in [0.2, 0.25) is 0 Å². The van der Waals surface area contributed by atoms with E-state index in [2.05, 4.69) is 0 Å². The molecule has 2 heterocycles. The summed E-state index contributed by atoms with van der Waals surface area (Å²) in [6, 6.07) is 12.8. The van der Waals surface area contributed by atoms with Gasteiger partial charge in [-0.1, -0.05) is 24.3 Å². The Bertz CT molecular complexity index is 786. The molecule has 3 rings (SSSR count). The second-order valence-electron chi connectivity index (χ2n) is 4.44. The van der Waals surface area contributed by atoms with Gasteiger partial charge in [-0.05, 0) is 23.6 Å². The van der Waals surface area contributed by atoms with Crippen LogP contribution in [0.25, 0.3) is 11.0 Å². The lowest BCUT2D eigenvalue weighted by Crippen LogP contribution is -2.25. The average molecular weight is 307 g/mol. The van der Waals surface area contributed by atoms with Crippen molar-refractivity contribution in [1.29, 1.82) is 0 Å². The van der Waals surface area contributed by atoms with Crippen molar-refractivity contribution in [3.8, 4) is 0 Å². The molecule has 0 spiro atoms. The van der Waals surface area contributed by atoms with Crippen LogP contribution < -0.4 is 0 Å². The van der Waals surface area contributed by atoms with E-state index in [1.54, 1.807) is 24.6 Å². The Hall–Kier alpha value is -1.63. The van der Waals surface area contributed by atoms with Gasteiger partial charge in [-0.3, -0.25) is 0 Å². The van der Waals surface area contributed by atoms with Crippen LogP contribution in [0.3, 0.4) is 0 Å². The summed E-state index contributed by atoms with van der Waals surface area (Å²) in [6.07, 6.45) is 0. The summed E-state index contributed by atoms with van der Waals surface area (Å²) in [5.74, 6) is 0.633. The molecule has 0 bridgehead atoms. The molecule has 0 N–H and O–H groups in total. The maximum absolute atomic E-state index is 12.3. The summed E-state index contributed by atoms with van der Waals surface area (Å²) < 4.78 is 31.9. The average Bonchev–Trinajstić information content (AvgIpc) is 3.07. The van der Waals surface area contributed by atoms with Crippen molar-refractivity contribution < 1.29 is 12.8 Å². The van der Waals surface area contributed by atoms with Crippen molar-refractivity contribution in [2.45, 2.75) is 10.8 Å². The monoisotopic (exact) mass is 307 g/mol. The molecule has 0 aliphatic carbocycles. The van der Waals surface area contributed by atoms with Crippen LogP contribution in [0.1, 0.15) is 5.76 Å². The van der Waals surface area contributed by atoms with E-state index < -0.39 is 10.0 Å². The molecule has 3 aromatic rings. The van der Waals surface area contributed by atoms with Crippen LogP contribution in [0.5, 0.6) is 0 Å². The standard InChI is InChI=1S/C14H13NO3S2/c1-15(20(16,17)14-7-4-8-19-14)10-12-9-11-5-2-3-6-13(11)18-12/h2-9H,10H2,1H3. The van der Waals surface area contributed by atoms with Gasteiger partial charge in [0.1, 0.15) is 15.6 Å². The van der Waals surface area contributed by atoms with E-state index in [0.29, 0.717) is 9.97 Å². The zero-order valence-electron chi connectivity index (χ0n) is 10.8. The summed E-state index contributed by atoms with van der Waals surface area (Å²) in [4.78, 5) is 0. The molecule has 0 aliphatic rings. The summed E-state index contributed by atoms with van der Waals surface area (Å²) in [6.45, 7) is 0.217. The fourth-order valence-corrected chi connectivity index (χ4v) is 4.32. The number of hydrogen-bond acceptors (Lipinski definition) is 4. The van der Waals surface area contributed by atoms with Gasteiger partial charge in [0.25, 0.3) is 10.0 Å². The molecule has 104 valence electrons. The molecule has 0 radical (unpaired) electrons. The molecular weight excluding hydrogens is 294 g/mol. The van der Waals surface area contributed by atoms with Crippen molar-refractivity contribution in [2.24, 2.45) is 0 Å². The predicted molar refractivity (Wildman–Crippen MR) is 79.2 cm³/mol. The Balaban J connectivity index is 1.87. The zero-order chi connectivity index (χ0) is 14.2. The maximum Gasteiger partial charge on any atom is 0.252 e. The molecule has 0 unspecified atom stereocenters. The smallest absolute Gasteiger partial charge is 0.252 e. The van der Waals surface area contributed by atoms with E-state index in [1.165, 1.54) is 15.6 Å². The number of furan rings is 1. The van der Waals surface area contributed by atoms with Crippen molar-refractivity contribution in [3.63, 3.8) is 0 Å². The minimum Gasteiger partial charge on any atom is -0.460 e. The first-order valence-corrected chi connectivity index (χ1v) is 8.36. The predicted octanol–water partition coefficient (Wildman–Crippen LogP) is 3.32. The van der Waals surface area contributed by atoms with Gasteiger partial charge in [0.15, 0.2) is 0 Å². The van der Waals surface area contributed by atoms with Gasteiger partial charge < -0.3 is 4.42 Å². The molecule has 0 fully saturated rings. The van der Waals surface area contributed by atoms with Crippen LogP contribution in [0.2, 0.25) is 0 Å². The molecule has 2 aromatic heterocycles. The van der Waals surface area contributed by atoms with Gasteiger partial charge in [0.05, 0.1) is 6.54 Å². The van der Waals surface area contributed by atoms with Gasteiger partial charge in [-0.25, -0.2) is 8.42 Å². The van der Waals surface area contributed by atoms with Crippen molar-refractivity contribution in [2.75, 3.05) is 7.05 Å². The van der Waals surface area contributed by atoms with Crippen LogP contribution in [0.15, 0.2) is 56.5 Å². The first-order chi connectivity index (χ1) is 9.57. The molecule has 4 nitrogen and oxygen atoms in total. The largest absolute Gasteiger partial charge is 0.460 e. The Morgan fingerprint density at radius 3 is 2.70 bits per heavy atom. The highest BCUT2D eigenvalue weighted by atomic mass is 32.2. The molecular formula is C14H13NO3S2. The SMILES string of the molecule is CN(Cc1cc2ccccc2o1)S(=O)(=O)c1cccs1. The lowest BCUT2D eigenvalue weighted by molar-refractivity contribution is 0.419. The van der Waals surface area contributed by atoms with Crippen molar-refractivity contribution in [1.82, 2.24) is 4.31 Å². The summed E-state index contributed by atoms with van der Waals surface area (Å²) in [7, 11) is -1.88. The number of hydrogen-bond donors (Lipinski definition) is 0. The number of thiophene rings is 1. The number of fused-ring (bicyclic) bond motifs is 1. The highest BCUT2D eigenvalue weighted by molar-refractivity contribution is 7.91. The Labute approximate surface area is 121 Å². The number of benzene rings is 1. The highest BCUT2D eigenvalue weighted by Gasteiger charge is 2.22. The molecule has 0 aliphatic heterocycles. The van der Waals surface area contributed by atoms with Crippen molar-refractivity contribution >= 4 is 32.3 Å². The van der Waals surface area contributed by atoms with E-state index in [4.69, 9.17) is 4.42 Å². The maximum atomic E-state index is 12.3. The van der Waals surface area contributed by atoms with Crippen LogP contribution in [0.4, 0.5) is 0 Å². The summed E-state index contributed by atoms with van der Waals surface area (Å²) in [5, 5.41) is 2.73. The second-order valence-corrected chi connectivity index (χ2v) is 7.66. The van der Waals surface area contributed by atoms with E-state index in [1.807, 2.05) is 30.3 Å². The molecule has 20 heavy (non-hydrogen) atoms. The molecule has 6 heteroatoms. The van der Waals surface area contributed by atoms with Crippen LogP contribution in [-0.2, 0) is 16.6 Å². The summed E-state index contributed by atoms with van der Waals surface area (Å²) >= 11 is 1.21. The summed E-state index contributed by atoms with van der Waals surface area (Å²) in [5.41, 5.74) is 0.768. The molecule has 0 saturated heterocycles. The third kappa shape index (κ3) is 2.37. The Kier molecular flexibility index (Phi) is 3.37. The number of rotatable bonds is 4. The minimum atomic E-state index is -3.44. The number of para-hydroxylation sites is 1. The number of sulfonamides is 1. The third-order valence-corrected chi connectivity index (χ3v) is 6.19. The third-order valence-electron chi connectivity index (χ3n) is 3.01. The fourth-order valence-electron chi connectivity index (χ4n) is 1.98. The highest BCUT2D eigenvalue weighted by Crippen LogP contribution is 2.24. The quantitative estimate of drug-likeness (QED) is 0.743. The van der Waals surface area contributed by atoms with E-state index in [-0.39, 0.29) is 6.54 Å². The molecule has 0 amide bonds. The van der Waals surface area contributed by atoms with Crippen molar-refractivity contribution in [3.05, 3.63) is 53.6 Å². The van der Waals surface area contributed by atoms with Crippen LogP contribution in [0, 0.1) is 0 Å². The topological polar surface area (TPSA) is 50.5 Å². The van der Waals surface area contributed by atoms with Gasteiger partial charge >= 0.3 is 0 Å². The number of nitrogens with zero attached hydrogens (tertiary/aromatic N) is 1. The molecule has 0 atom stereocenters. The molecule has 0 saturated carbocycles. The van der Waals surface area contributed by atoms with E-state index in [9.17, 15) is 8.42 Å². The fraction of sp³-hybridized carbons (Fsp3) is 0.143. The Morgan fingerprint density at radius 2 is 2.00 bits per heavy atom. The normalized spacial score (nSPS) is 12.3. The van der Waals surface area contributed by atoms with Gasteiger partial charge in [0, 0.05) is 12.4 Å². The lowest BCUT2D eigenvalue weighted by atomic mass is 10.2. The molecule has 1 aromatic carbocycles. The first kappa shape index (κ1) is 13.4. The zero-order valence-corrected chi connectivity index (χ0v) is 12.4. The van der Waals surface area contributed by atoms with E-state index >= 15 is 0 Å². The second kappa shape index (κ2) is 5.05. The van der Waals surface area contributed by atoms with Crippen LogP contribution in [-0.4, -0.2) is 19.8 Å². The van der Waals surface area contributed by atoms with E-state index in [0.717, 1.165) is 11.0 Å². The van der Waals surface area contributed by atoms with Gasteiger partial charge in [-0.2, -0.15) is 4.31 Å². The Morgan fingerprint density at radius 1 is 1.20 bits per heavy atom. The first-order valence-electron chi connectivity index (χ1n) is 6.05. The van der Waals surface area contributed by atoms with Crippen LogP contribution >= 0.6 is 11.3 Å².